The molecule has 0 spiro atoms. The Bertz CT molecular complexity index is 1730. The minimum atomic E-state index is -4.28. The van der Waals surface area contributed by atoms with Crippen LogP contribution in [0.2, 0.25) is 5.02 Å². The smallest absolute Gasteiger partial charge is 0.331 e. The fourth-order valence-electron chi connectivity index (χ4n) is 8.72. The molecule has 17 nitrogen and oxygen atoms in total. The number of hydrogen-bond donors (Lipinski definition) is 6. The molecular weight excluding hydrogens is 834 g/mol. The summed E-state index contributed by atoms with van der Waals surface area (Å²) in [5.74, 6) is -3.28. The molecule has 1 aromatic carbocycles. The number of hydrogen-bond acceptors (Lipinski definition) is 15. The molecule has 61 heavy (non-hydrogen) atoms. The number of aliphatic hydroxyl groups excluding tert-OH is 3. The fourth-order valence-corrected chi connectivity index (χ4v) is 9.81. The lowest BCUT2D eigenvalue weighted by Crippen LogP contribution is -2.59. The van der Waals surface area contributed by atoms with Crippen molar-refractivity contribution in [2.24, 2.45) is 17.8 Å². The van der Waals surface area contributed by atoms with E-state index in [4.69, 9.17) is 25.8 Å². The van der Waals surface area contributed by atoms with E-state index in [0.717, 1.165) is 0 Å². The third-order valence-corrected chi connectivity index (χ3v) is 13.9. The summed E-state index contributed by atoms with van der Waals surface area (Å²) in [7, 11) is -0.614. The molecule has 14 atom stereocenters. The second kappa shape index (κ2) is 22.3. The molecule has 2 fully saturated rings. The number of nitriles is 1. The number of aliphatic hydroxyl groups is 5. The van der Waals surface area contributed by atoms with Crippen LogP contribution in [0.1, 0.15) is 87.5 Å². The van der Waals surface area contributed by atoms with Crippen LogP contribution in [0.3, 0.4) is 0 Å². The lowest BCUT2D eigenvalue weighted by Gasteiger charge is -2.46. The second-order valence-corrected chi connectivity index (χ2v) is 19.9. The standard InChI is InChI=1S/C42H70ClN5O12S/c1-11-33-42(8,55)36(51)29(6)48(21-13-20-47(19-12-18-44)40(53)45-61(56,57)31-16-14-30(43)15-17-31)24-25(2)23-41(7,54)37(27(4)34(49)28(5)38(52)59-33)60-39-35(50)32(46(9)10)22-26(3)58-39/h14-17,25-29,32-37,39,49-51,54-55H,11-13,19-24H2,1-10H3,(H,45,53)/t25-,26+,27-,28-,29-,32+,33-,34+,35+,36-,37-,39-,41-,42-/m1/s1. The van der Waals surface area contributed by atoms with Crippen molar-refractivity contribution in [3.8, 4) is 6.07 Å². The highest BCUT2D eigenvalue weighted by molar-refractivity contribution is 7.90. The number of sulfonamides is 1. The van der Waals surface area contributed by atoms with Crippen molar-refractivity contribution in [2.45, 2.75) is 159 Å². The van der Waals surface area contributed by atoms with Crippen LogP contribution in [0.4, 0.5) is 4.79 Å². The van der Waals surface area contributed by atoms with Crippen molar-refractivity contribution in [3.63, 3.8) is 0 Å². The minimum Gasteiger partial charge on any atom is -0.459 e. The molecular formula is C42H70ClN5O12S. The first-order chi connectivity index (χ1) is 28.3. The van der Waals surface area contributed by atoms with Gasteiger partial charge in [-0.25, -0.2) is 17.9 Å². The highest BCUT2D eigenvalue weighted by atomic mass is 35.5. The van der Waals surface area contributed by atoms with Crippen LogP contribution in [0.5, 0.6) is 0 Å². The lowest BCUT2D eigenvalue weighted by molar-refractivity contribution is -0.299. The quantitative estimate of drug-likeness (QED) is 0.165. The van der Waals surface area contributed by atoms with Crippen LogP contribution in [0.25, 0.3) is 0 Å². The Morgan fingerprint density at radius 1 is 1.07 bits per heavy atom. The van der Waals surface area contributed by atoms with Gasteiger partial charge in [-0.05, 0) is 105 Å². The molecule has 0 aromatic heterocycles. The molecule has 2 amide bonds. The van der Waals surface area contributed by atoms with Gasteiger partial charge in [0.2, 0.25) is 0 Å². The van der Waals surface area contributed by atoms with Crippen LogP contribution in [0.15, 0.2) is 29.2 Å². The van der Waals surface area contributed by atoms with Crippen molar-refractivity contribution >= 4 is 33.6 Å². The van der Waals surface area contributed by atoms with E-state index in [0.29, 0.717) is 11.4 Å². The van der Waals surface area contributed by atoms with Gasteiger partial charge in [-0.2, -0.15) is 5.26 Å². The van der Waals surface area contributed by atoms with Gasteiger partial charge >= 0.3 is 12.0 Å². The third kappa shape index (κ3) is 13.7. The van der Waals surface area contributed by atoms with Crippen molar-refractivity contribution < 1.29 is 57.8 Å². The zero-order valence-electron chi connectivity index (χ0n) is 37.3. The van der Waals surface area contributed by atoms with Crippen LogP contribution >= 0.6 is 11.6 Å². The number of carbonyl (C=O) groups excluding carboxylic acids is 2. The van der Waals surface area contributed by atoms with Gasteiger partial charge in [0.1, 0.15) is 23.9 Å². The Labute approximate surface area is 366 Å². The molecule has 2 saturated heterocycles. The zero-order chi connectivity index (χ0) is 46.2. The summed E-state index contributed by atoms with van der Waals surface area (Å²) in [6, 6.07) is 5.18. The molecule has 2 aliphatic heterocycles. The molecule has 0 bridgehead atoms. The first-order valence-electron chi connectivity index (χ1n) is 21.1. The summed E-state index contributed by atoms with van der Waals surface area (Å²) in [4.78, 5) is 31.8. The van der Waals surface area contributed by atoms with Gasteiger partial charge < -0.3 is 49.5 Å². The largest absolute Gasteiger partial charge is 0.459 e. The van der Waals surface area contributed by atoms with Crippen LogP contribution in [-0.2, 0) is 29.0 Å². The van der Waals surface area contributed by atoms with E-state index in [-0.39, 0.29) is 74.8 Å². The number of esters is 1. The number of nitrogens with one attached hydrogen (secondary N) is 1. The van der Waals surface area contributed by atoms with E-state index in [2.05, 4.69) is 4.72 Å². The Hall–Kier alpha value is -2.67. The SMILES string of the molecule is CC[C@H]1OC(=O)[C@H](C)[C@@H](O)[C@@H](C)[C@@H](O[C@H]2O[C@@H](C)C[C@H](N(C)C)[C@@H]2O)[C@](C)(O)C[C@@H](C)CN(CCCN(CCC#N)C(=O)NS(=O)(=O)c2ccc(Cl)cc2)[C@H](C)[C@@H](O)[C@]1(C)O. The molecule has 348 valence electrons. The molecule has 6 N–H and O–H groups in total. The topological polar surface area (TPSA) is 243 Å². The van der Waals surface area contributed by atoms with E-state index >= 15 is 0 Å². The van der Waals surface area contributed by atoms with E-state index < -0.39 is 87.9 Å². The van der Waals surface area contributed by atoms with E-state index in [1.54, 1.807) is 27.7 Å². The van der Waals surface area contributed by atoms with Crippen molar-refractivity contribution in [3.05, 3.63) is 29.3 Å². The van der Waals surface area contributed by atoms with Crippen LogP contribution < -0.4 is 4.72 Å². The highest BCUT2D eigenvalue weighted by Crippen LogP contribution is 2.37. The third-order valence-electron chi connectivity index (χ3n) is 12.3. The van der Waals surface area contributed by atoms with Gasteiger partial charge in [-0.1, -0.05) is 32.4 Å². The minimum absolute atomic E-state index is 0.0000603. The van der Waals surface area contributed by atoms with E-state index in [1.165, 1.54) is 43.0 Å². The van der Waals surface area contributed by atoms with Gasteiger partial charge in [0, 0.05) is 49.2 Å². The van der Waals surface area contributed by atoms with E-state index in [9.17, 15) is 48.8 Å². The maximum absolute atomic E-state index is 13.7. The molecule has 0 aliphatic carbocycles. The molecule has 0 saturated carbocycles. The predicted octanol–water partition coefficient (Wildman–Crippen LogP) is 2.70. The first kappa shape index (κ1) is 52.7. The van der Waals surface area contributed by atoms with Crippen molar-refractivity contribution in [2.75, 3.05) is 40.3 Å². The Kier molecular flexibility index (Phi) is 19.3. The molecule has 1 aromatic rings. The summed E-state index contributed by atoms with van der Waals surface area (Å²) in [6.45, 7) is 13.5. The number of cyclic esters (lactones) is 1. The fraction of sp³-hybridized carbons (Fsp3) is 0.786. The van der Waals surface area contributed by atoms with Crippen molar-refractivity contribution in [1.29, 1.82) is 5.26 Å². The second-order valence-electron chi connectivity index (χ2n) is 17.8. The number of amides is 2. The summed E-state index contributed by atoms with van der Waals surface area (Å²) >= 11 is 5.91. The number of carbonyl (C=O) groups is 2. The molecule has 3 rings (SSSR count). The van der Waals surface area contributed by atoms with Crippen LogP contribution in [0, 0.1) is 29.1 Å². The maximum Gasteiger partial charge on any atom is 0.331 e. The Morgan fingerprint density at radius 2 is 1.69 bits per heavy atom. The highest BCUT2D eigenvalue weighted by Gasteiger charge is 2.50. The predicted molar refractivity (Wildman–Crippen MR) is 227 cm³/mol. The Morgan fingerprint density at radius 3 is 2.26 bits per heavy atom. The van der Waals surface area contributed by atoms with Gasteiger partial charge in [-0.3, -0.25) is 9.69 Å². The first-order valence-corrected chi connectivity index (χ1v) is 23.0. The molecule has 19 heteroatoms. The molecule has 2 heterocycles. The van der Waals surface area contributed by atoms with Crippen molar-refractivity contribution in [1.82, 2.24) is 19.4 Å². The number of likely N-dealkylation sites (N-methyl/N-ethyl adjacent to an activating group) is 1. The van der Waals surface area contributed by atoms with Crippen LogP contribution in [-0.4, -0.2) is 167 Å². The lowest BCUT2D eigenvalue weighted by atomic mass is 9.78. The summed E-state index contributed by atoms with van der Waals surface area (Å²) in [5.41, 5.74) is -3.68. The monoisotopic (exact) mass is 903 g/mol. The van der Waals surface area contributed by atoms with Gasteiger partial charge in [-0.15, -0.1) is 0 Å². The normalized spacial score (nSPS) is 36.3. The number of benzene rings is 1. The average molecular weight is 905 g/mol. The Balaban J connectivity index is 1.99. The molecule has 0 unspecified atom stereocenters. The summed E-state index contributed by atoms with van der Waals surface area (Å²) in [6.07, 6.45) is -7.06. The maximum atomic E-state index is 13.7. The zero-order valence-corrected chi connectivity index (χ0v) is 38.8. The molecule has 2 aliphatic rings. The van der Waals surface area contributed by atoms with Gasteiger partial charge in [0.05, 0.1) is 47.2 Å². The summed E-state index contributed by atoms with van der Waals surface area (Å²) < 4.78 is 46.5. The number of nitrogens with zero attached hydrogens (tertiary/aromatic N) is 4. The number of halogens is 1. The average Bonchev–Trinajstić information content (AvgIpc) is 3.18. The van der Waals surface area contributed by atoms with E-state index in [1.807, 2.05) is 43.8 Å². The van der Waals surface area contributed by atoms with Gasteiger partial charge in [0.15, 0.2) is 6.29 Å². The summed E-state index contributed by atoms with van der Waals surface area (Å²) in [5, 5.41) is 68.9. The number of rotatable bonds is 12. The number of ether oxygens (including phenoxy) is 3. The van der Waals surface area contributed by atoms with Gasteiger partial charge in [0.25, 0.3) is 10.0 Å². The number of urea groups is 1. The molecule has 0 radical (unpaired) electrons.